The molecular formula is C15H15BrN6O3. The molecule has 25 heavy (non-hydrogen) atoms. The van der Waals surface area contributed by atoms with Gasteiger partial charge in [-0.15, -0.1) is 0 Å². The average Bonchev–Trinajstić information content (AvgIpc) is 3.18. The van der Waals surface area contributed by atoms with Crippen LogP contribution in [0, 0.1) is 0 Å². The van der Waals surface area contributed by atoms with Crippen LogP contribution in [0.25, 0.3) is 0 Å². The van der Waals surface area contributed by atoms with E-state index < -0.39 is 23.5 Å². The highest BCUT2D eigenvalue weighted by Gasteiger charge is 2.59. The maximum absolute atomic E-state index is 11.6. The van der Waals surface area contributed by atoms with Crippen LogP contribution in [0.15, 0.2) is 34.9 Å². The summed E-state index contributed by atoms with van der Waals surface area (Å²) in [5.74, 6) is -1.21. The van der Waals surface area contributed by atoms with E-state index in [1.54, 1.807) is 18.2 Å². The quantitative estimate of drug-likeness (QED) is 0.466. The van der Waals surface area contributed by atoms with Gasteiger partial charge in [-0.25, -0.2) is 4.98 Å². The van der Waals surface area contributed by atoms with Crippen molar-refractivity contribution in [1.29, 1.82) is 0 Å². The minimum absolute atomic E-state index is 0.0397. The number of primary amides is 2. The molecule has 0 saturated heterocycles. The molecule has 2 aromatic rings. The minimum atomic E-state index is -1.29. The second kappa shape index (κ2) is 6.30. The van der Waals surface area contributed by atoms with Gasteiger partial charge >= 0.3 is 0 Å². The summed E-state index contributed by atoms with van der Waals surface area (Å²) in [5, 5.41) is 15.4. The lowest BCUT2D eigenvalue weighted by Crippen LogP contribution is -2.41. The fourth-order valence-corrected chi connectivity index (χ4v) is 2.73. The molecule has 1 aromatic heterocycles. The molecule has 1 heterocycles. The van der Waals surface area contributed by atoms with Gasteiger partial charge < -0.3 is 27.2 Å². The van der Waals surface area contributed by atoms with Crippen molar-refractivity contribution < 1.29 is 14.7 Å². The molecule has 130 valence electrons. The first-order chi connectivity index (χ1) is 11.8. The van der Waals surface area contributed by atoms with Crippen molar-refractivity contribution >= 4 is 45.2 Å². The summed E-state index contributed by atoms with van der Waals surface area (Å²) in [6.45, 7) is 0. The molecule has 0 radical (unpaired) electrons. The predicted molar refractivity (Wildman–Crippen MR) is 94.1 cm³/mol. The van der Waals surface area contributed by atoms with E-state index in [0.29, 0.717) is 5.69 Å². The van der Waals surface area contributed by atoms with Gasteiger partial charge in [0.2, 0.25) is 11.9 Å². The van der Waals surface area contributed by atoms with Crippen LogP contribution in [0.1, 0.15) is 16.8 Å². The highest BCUT2D eigenvalue weighted by molar-refractivity contribution is 9.10. The van der Waals surface area contributed by atoms with E-state index in [0.717, 1.165) is 4.47 Å². The Morgan fingerprint density at radius 3 is 2.64 bits per heavy atom. The number of nitrogens with two attached hydrogens (primary N) is 2. The van der Waals surface area contributed by atoms with Crippen molar-refractivity contribution in [2.45, 2.75) is 18.1 Å². The largest absolute Gasteiger partial charge is 0.390 e. The van der Waals surface area contributed by atoms with Crippen molar-refractivity contribution in [1.82, 2.24) is 9.97 Å². The number of nitrogens with one attached hydrogen (secondary N) is 2. The van der Waals surface area contributed by atoms with Gasteiger partial charge in [-0.2, -0.15) is 4.98 Å². The number of benzene rings is 1. The number of anilines is 3. The Kier molecular flexibility index (Phi) is 4.31. The minimum Gasteiger partial charge on any atom is -0.390 e. The van der Waals surface area contributed by atoms with E-state index in [2.05, 4.69) is 36.5 Å². The molecule has 2 amide bonds. The Balaban J connectivity index is 1.92. The Bertz CT molecular complexity index is 861. The summed E-state index contributed by atoms with van der Waals surface area (Å²) in [4.78, 5) is 31.3. The summed E-state index contributed by atoms with van der Waals surface area (Å²) >= 11 is 3.35. The monoisotopic (exact) mass is 406 g/mol. The molecule has 1 unspecified atom stereocenters. The van der Waals surface area contributed by atoms with Gasteiger partial charge in [0.25, 0.3) is 5.91 Å². The molecule has 0 spiro atoms. The van der Waals surface area contributed by atoms with E-state index >= 15 is 0 Å². The van der Waals surface area contributed by atoms with E-state index in [9.17, 15) is 14.7 Å². The zero-order valence-corrected chi connectivity index (χ0v) is 14.4. The first-order valence-corrected chi connectivity index (χ1v) is 8.07. The van der Waals surface area contributed by atoms with Crippen LogP contribution in [0.4, 0.5) is 17.5 Å². The second-order valence-electron chi connectivity index (χ2n) is 5.64. The Morgan fingerprint density at radius 2 is 2.08 bits per heavy atom. The van der Waals surface area contributed by atoms with E-state index in [1.807, 2.05) is 6.07 Å². The van der Waals surface area contributed by atoms with E-state index in [-0.39, 0.29) is 23.8 Å². The lowest BCUT2D eigenvalue weighted by molar-refractivity contribution is -0.120. The zero-order valence-electron chi connectivity index (χ0n) is 12.9. The van der Waals surface area contributed by atoms with Crippen LogP contribution in [0.3, 0.4) is 0 Å². The van der Waals surface area contributed by atoms with Gasteiger partial charge in [-0.1, -0.05) is 22.0 Å². The molecule has 1 aliphatic rings. The number of aliphatic hydroxyl groups is 1. The Hall–Kier alpha value is -2.72. The van der Waals surface area contributed by atoms with Crippen molar-refractivity contribution in [2.24, 2.45) is 11.5 Å². The topological polar surface area (TPSA) is 156 Å². The molecule has 3 rings (SSSR count). The van der Waals surface area contributed by atoms with E-state index in [4.69, 9.17) is 11.5 Å². The highest BCUT2D eigenvalue weighted by Crippen LogP contribution is 2.38. The molecule has 1 aromatic carbocycles. The molecule has 10 heteroatoms. The van der Waals surface area contributed by atoms with Crippen molar-refractivity contribution in [3.8, 4) is 0 Å². The van der Waals surface area contributed by atoms with Crippen molar-refractivity contribution in [2.75, 3.05) is 10.6 Å². The third-order valence-corrected chi connectivity index (χ3v) is 4.33. The maximum Gasteiger partial charge on any atom is 0.254 e. The number of nitrogens with zero attached hydrogens (tertiary/aromatic N) is 2. The molecule has 7 N–H and O–H groups in total. The number of hydrogen-bond donors (Lipinski definition) is 5. The summed E-state index contributed by atoms with van der Waals surface area (Å²) in [5.41, 5.74) is 10.1. The Morgan fingerprint density at radius 1 is 1.36 bits per heavy atom. The molecule has 1 saturated carbocycles. The number of rotatable bonds is 6. The van der Waals surface area contributed by atoms with Gasteiger partial charge in [0.15, 0.2) is 0 Å². The maximum atomic E-state index is 11.6. The Labute approximate surface area is 151 Å². The van der Waals surface area contributed by atoms with Crippen LogP contribution < -0.4 is 22.1 Å². The van der Waals surface area contributed by atoms with Crippen LogP contribution in [-0.4, -0.2) is 38.5 Å². The molecule has 9 nitrogen and oxygen atoms in total. The summed E-state index contributed by atoms with van der Waals surface area (Å²) in [6.07, 6.45) is 0.491. The SMILES string of the molecule is NC(=O)c1cnc(N[C@]2(C(N)=O)CC2O)nc1Nc1cccc(Br)c1. The number of carbonyl (C=O) groups excluding carboxylic acids is 2. The zero-order chi connectivity index (χ0) is 18.2. The molecular weight excluding hydrogens is 392 g/mol. The van der Waals surface area contributed by atoms with Crippen LogP contribution in [0.2, 0.25) is 0 Å². The normalized spacial score (nSPS) is 21.4. The van der Waals surface area contributed by atoms with Gasteiger partial charge in [0.1, 0.15) is 16.9 Å². The molecule has 1 aliphatic carbocycles. The van der Waals surface area contributed by atoms with Gasteiger partial charge in [0.05, 0.1) is 6.10 Å². The molecule has 1 fully saturated rings. The number of amides is 2. The van der Waals surface area contributed by atoms with Gasteiger partial charge in [-0.3, -0.25) is 9.59 Å². The number of carbonyl (C=O) groups is 2. The standard InChI is InChI=1S/C15H15BrN6O3/c16-7-2-1-3-8(4-7)20-12-9(11(17)24)6-19-14(21-12)22-15(13(18)25)5-10(15)23/h1-4,6,10,23H,5H2,(H2,17,24)(H2,18,25)(H2,19,20,21,22)/t10?,15-/m1/s1. The van der Waals surface area contributed by atoms with Crippen molar-refractivity contribution in [3.63, 3.8) is 0 Å². The highest BCUT2D eigenvalue weighted by atomic mass is 79.9. The molecule has 0 aliphatic heterocycles. The number of aromatic nitrogens is 2. The lowest BCUT2D eigenvalue weighted by Gasteiger charge is -2.16. The average molecular weight is 407 g/mol. The van der Waals surface area contributed by atoms with E-state index in [1.165, 1.54) is 6.20 Å². The molecule has 2 atom stereocenters. The first-order valence-electron chi connectivity index (χ1n) is 7.27. The summed E-state index contributed by atoms with van der Waals surface area (Å²) in [6, 6.07) is 7.22. The third kappa shape index (κ3) is 3.39. The van der Waals surface area contributed by atoms with Crippen molar-refractivity contribution in [3.05, 3.63) is 40.5 Å². The second-order valence-corrected chi connectivity index (χ2v) is 6.55. The number of halogens is 1. The number of aliphatic hydroxyl groups excluding tert-OH is 1. The van der Waals surface area contributed by atoms with Gasteiger partial charge in [0, 0.05) is 22.8 Å². The van der Waals surface area contributed by atoms with Crippen LogP contribution >= 0.6 is 15.9 Å². The smallest absolute Gasteiger partial charge is 0.254 e. The predicted octanol–water partition coefficient (Wildman–Crippen LogP) is 0.482. The third-order valence-electron chi connectivity index (χ3n) is 3.84. The van der Waals surface area contributed by atoms with Crippen LogP contribution in [0.5, 0.6) is 0 Å². The summed E-state index contributed by atoms with van der Waals surface area (Å²) < 4.78 is 0.833. The van der Waals surface area contributed by atoms with Crippen LogP contribution in [-0.2, 0) is 4.79 Å². The first kappa shape index (κ1) is 17.1. The molecule has 0 bridgehead atoms. The van der Waals surface area contributed by atoms with Gasteiger partial charge in [-0.05, 0) is 18.2 Å². The fraction of sp³-hybridized carbons (Fsp3) is 0.200. The number of hydrogen-bond acceptors (Lipinski definition) is 7. The summed E-state index contributed by atoms with van der Waals surface area (Å²) in [7, 11) is 0. The fourth-order valence-electron chi connectivity index (χ4n) is 2.33. The lowest BCUT2D eigenvalue weighted by atomic mass is 10.2.